The average Bonchev–Trinajstić information content (AvgIpc) is 2.88. The fourth-order valence-electron chi connectivity index (χ4n) is 4.73. The van der Waals surface area contributed by atoms with E-state index < -0.39 is 0 Å². The molecule has 0 aliphatic carbocycles. The molecule has 4 nitrogen and oxygen atoms in total. The van der Waals surface area contributed by atoms with Gasteiger partial charge in [-0.1, -0.05) is 114 Å². The van der Waals surface area contributed by atoms with Crippen LogP contribution in [0.5, 0.6) is 5.75 Å². The number of carbonyl (C=O) groups is 1. The largest absolute Gasteiger partial charge is 0.487 e. The van der Waals surface area contributed by atoms with Crippen molar-refractivity contribution in [2.45, 2.75) is 104 Å². The number of likely N-dealkylation sites (N-methyl/N-ethyl adjacent to an activating group) is 1. The summed E-state index contributed by atoms with van der Waals surface area (Å²) in [6.07, 6.45) is 15.3. The summed E-state index contributed by atoms with van der Waals surface area (Å²) in [6, 6.07) is 18.7. The molecule has 206 valence electrons. The van der Waals surface area contributed by atoms with Crippen LogP contribution in [-0.4, -0.2) is 43.8 Å². The normalized spacial score (nSPS) is 12.3. The van der Waals surface area contributed by atoms with Gasteiger partial charge in [0.25, 0.3) is 0 Å². The maximum Gasteiger partial charge on any atom is 0.361 e. The summed E-state index contributed by atoms with van der Waals surface area (Å²) in [7, 11) is 4.12. The third kappa shape index (κ3) is 14.3. The van der Waals surface area contributed by atoms with E-state index in [9.17, 15) is 4.79 Å². The zero-order chi connectivity index (χ0) is 26.8. The molecule has 0 radical (unpaired) electrons. The molecular weight excluding hydrogens is 458 g/mol. The third-order valence-corrected chi connectivity index (χ3v) is 6.92. The smallest absolute Gasteiger partial charge is 0.361 e. The van der Waals surface area contributed by atoms with Gasteiger partial charge in [-0.3, -0.25) is 0 Å². The Morgan fingerprint density at radius 2 is 1.41 bits per heavy atom. The minimum Gasteiger partial charge on any atom is -0.487 e. The Balaban J connectivity index is 1.67. The number of quaternary nitrogens is 1. The molecule has 0 fully saturated rings. The lowest BCUT2D eigenvalue weighted by Crippen LogP contribution is -2.44. The summed E-state index contributed by atoms with van der Waals surface area (Å²) >= 11 is 0. The number of benzene rings is 2. The van der Waals surface area contributed by atoms with E-state index >= 15 is 0 Å². The predicted octanol–water partition coefficient (Wildman–Crippen LogP) is 8.13. The van der Waals surface area contributed by atoms with E-state index in [2.05, 4.69) is 58.3 Å². The van der Waals surface area contributed by atoms with E-state index in [0.29, 0.717) is 11.0 Å². The highest BCUT2D eigenvalue weighted by molar-refractivity contribution is 5.70. The van der Waals surface area contributed by atoms with E-state index in [1.54, 1.807) is 0 Å². The molecule has 1 atom stereocenters. The number of carbonyl (C=O) groups excluding carboxylic acids is 1. The Kier molecular flexibility index (Phi) is 15.0. The first-order valence-corrected chi connectivity index (χ1v) is 14.7. The molecule has 0 aromatic heterocycles. The summed E-state index contributed by atoms with van der Waals surface area (Å²) < 4.78 is 12.4. The zero-order valence-electron chi connectivity index (χ0n) is 24.1. The molecule has 1 unspecified atom stereocenters. The molecule has 0 saturated heterocycles. The van der Waals surface area contributed by atoms with Crippen LogP contribution >= 0.6 is 0 Å². The Morgan fingerprint density at radius 3 is 2.05 bits per heavy atom. The van der Waals surface area contributed by atoms with Crippen LogP contribution in [0.1, 0.15) is 95.6 Å². The molecule has 0 spiro atoms. The minimum atomic E-state index is -0.183. The number of hydrogen-bond donors (Lipinski definition) is 0. The summed E-state index contributed by atoms with van der Waals surface area (Å²) in [6.45, 7) is 5.75. The van der Waals surface area contributed by atoms with Crippen molar-refractivity contribution in [2.24, 2.45) is 0 Å². The molecular formula is C33H52NO3+. The van der Waals surface area contributed by atoms with Gasteiger partial charge in [0.05, 0.1) is 14.1 Å². The van der Waals surface area contributed by atoms with Gasteiger partial charge in [-0.05, 0) is 37.0 Å². The van der Waals surface area contributed by atoms with Gasteiger partial charge in [0, 0.05) is 5.56 Å². The SMILES string of the molecule is CCCCCCCCCCCCc1cccc(OC(CC)COC(=O)C[N+](C)(C)Cc2ccccc2)c1. The predicted molar refractivity (Wildman–Crippen MR) is 155 cm³/mol. The summed E-state index contributed by atoms with van der Waals surface area (Å²) in [5.41, 5.74) is 2.54. The van der Waals surface area contributed by atoms with E-state index in [1.807, 2.05) is 24.3 Å². The monoisotopic (exact) mass is 510 g/mol. The first-order valence-electron chi connectivity index (χ1n) is 14.7. The van der Waals surface area contributed by atoms with Crippen molar-refractivity contribution < 1.29 is 18.8 Å². The van der Waals surface area contributed by atoms with Crippen molar-refractivity contribution in [1.29, 1.82) is 0 Å². The van der Waals surface area contributed by atoms with Crippen LogP contribution in [0.15, 0.2) is 54.6 Å². The van der Waals surface area contributed by atoms with Crippen molar-refractivity contribution in [1.82, 2.24) is 0 Å². The van der Waals surface area contributed by atoms with E-state index in [0.717, 1.165) is 25.1 Å². The maximum atomic E-state index is 12.6. The molecule has 4 heteroatoms. The second-order valence-electron chi connectivity index (χ2n) is 11.1. The van der Waals surface area contributed by atoms with Crippen LogP contribution in [0, 0.1) is 0 Å². The quantitative estimate of drug-likeness (QED) is 0.102. The molecule has 2 aromatic rings. The molecule has 2 aromatic carbocycles. The third-order valence-electron chi connectivity index (χ3n) is 6.92. The molecule has 0 amide bonds. The van der Waals surface area contributed by atoms with Gasteiger partial charge in [-0.25, -0.2) is 4.79 Å². The molecule has 0 aliphatic rings. The molecule has 0 N–H and O–H groups in total. The Labute approximate surface area is 227 Å². The lowest BCUT2D eigenvalue weighted by atomic mass is 10.0. The van der Waals surface area contributed by atoms with Crippen molar-refractivity contribution in [2.75, 3.05) is 27.2 Å². The van der Waals surface area contributed by atoms with Crippen LogP contribution in [0.2, 0.25) is 0 Å². The number of rotatable bonds is 20. The fraction of sp³-hybridized carbons (Fsp3) is 0.606. The fourth-order valence-corrected chi connectivity index (χ4v) is 4.73. The van der Waals surface area contributed by atoms with Crippen molar-refractivity contribution in [3.05, 3.63) is 65.7 Å². The average molecular weight is 511 g/mol. The highest BCUT2D eigenvalue weighted by Crippen LogP contribution is 2.19. The highest BCUT2D eigenvalue weighted by Gasteiger charge is 2.23. The van der Waals surface area contributed by atoms with E-state index in [-0.39, 0.29) is 18.7 Å². The number of aryl methyl sites for hydroxylation is 1. The molecule has 0 aliphatic heterocycles. The summed E-state index contributed by atoms with van der Waals surface area (Å²) in [5.74, 6) is 0.686. The van der Waals surface area contributed by atoms with Crippen LogP contribution in [0.4, 0.5) is 0 Å². The Bertz CT molecular complexity index is 865. The topological polar surface area (TPSA) is 35.5 Å². The van der Waals surface area contributed by atoms with Gasteiger partial charge in [0.1, 0.15) is 25.0 Å². The van der Waals surface area contributed by atoms with Gasteiger partial charge >= 0.3 is 5.97 Å². The second kappa shape index (κ2) is 18.0. The number of esters is 1. The first kappa shape index (κ1) is 30.9. The van der Waals surface area contributed by atoms with Gasteiger partial charge in [0.2, 0.25) is 0 Å². The number of unbranched alkanes of at least 4 members (excludes halogenated alkanes) is 9. The lowest BCUT2D eigenvalue weighted by Gasteiger charge is -2.29. The molecule has 0 bridgehead atoms. The van der Waals surface area contributed by atoms with Crippen LogP contribution in [0.25, 0.3) is 0 Å². The first-order chi connectivity index (χ1) is 17.9. The van der Waals surface area contributed by atoms with Crippen molar-refractivity contribution >= 4 is 5.97 Å². The standard InChI is InChI=1S/C33H52NO3/c1-5-7-8-9-10-11-12-13-14-16-20-29-23-19-24-32(25-29)37-31(6-2)28-36-33(35)27-34(3,4)26-30-21-17-15-18-22-30/h15,17-19,21-25,31H,5-14,16,20,26-28H2,1-4H3/q+1. The van der Waals surface area contributed by atoms with Crippen molar-refractivity contribution in [3.63, 3.8) is 0 Å². The molecule has 0 heterocycles. The number of ether oxygens (including phenoxy) is 2. The van der Waals surface area contributed by atoms with Gasteiger partial charge in [-0.2, -0.15) is 0 Å². The highest BCUT2D eigenvalue weighted by atomic mass is 16.6. The molecule has 2 rings (SSSR count). The van der Waals surface area contributed by atoms with Gasteiger partial charge < -0.3 is 14.0 Å². The molecule has 0 saturated carbocycles. The Hall–Kier alpha value is -2.33. The summed E-state index contributed by atoms with van der Waals surface area (Å²) in [4.78, 5) is 12.6. The molecule has 37 heavy (non-hydrogen) atoms. The van der Waals surface area contributed by atoms with E-state index in [4.69, 9.17) is 9.47 Å². The summed E-state index contributed by atoms with van der Waals surface area (Å²) in [5, 5.41) is 0. The van der Waals surface area contributed by atoms with Gasteiger partial charge in [0.15, 0.2) is 6.54 Å². The van der Waals surface area contributed by atoms with Crippen LogP contribution in [-0.2, 0) is 22.5 Å². The van der Waals surface area contributed by atoms with Crippen LogP contribution < -0.4 is 4.74 Å². The minimum absolute atomic E-state index is 0.138. The van der Waals surface area contributed by atoms with Gasteiger partial charge in [-0.15, -0.1) is 0 Å². The van der Waals surface area contributed by atoms with Crippen LogP contribution in [0.3, 0.4) is 0 Å². The Morgan fingerprint density at radius 1 is 0.784 bits per heavy atom. The maximum absolute atomic E-state index is 12.6. The van der Waals surface area contributed by atoms with Crippen molar-refractivity contribution in [3.8, 4) is 5.75 Å². The second-order valence-corrected chi connectivity index (χ2v) is 11.1. The van der Waals surface area contributed by atoms with E-state index in [1.165, 1.54) is 75.3 Å². The lowest BCUT2D eigenvalue weighted by molar-refractivity contribution is -0.896. The zero-order valence-corrected chi connectivity index (χ0v) is 24.1. The number of nitrogens with zero attached hydrogens (tertiary/aromatic N) is 1. The number of hydrogen-bond acceptors (Lipinski definition) is 3.